The summed E-state index contributed by atoms with van der Waals surface area (Å²) in [5.74, 6) is 0.920. The molecule has 2 rings (SSSR count). The van der Waals surface area contributed by atoms with Gasteiger partial charge in [0.1, 0.15) is 5.75 Å². The van der Waals surface area contributed by atoms with E-state index in [1.165, 1.54) is 5.56 Å². The summed E-state index contributed by atoms with van der Waals surface area (Å²) in [5, 5.41) is 0. The topological polar surface area (TPSA) is 9.23 Å². The minimum Gasteiger partial charge on any atom is -0.502 e. The number of ether oxygens (including phenoxy) is 1. The van der Waals surface area contributed by atoms with Gasteiger partial charge >= 0.3 is 0 Å². The Kier molecular flexibility index (Phi) is 2.37. The van der Waals surface area contributed by atoms with Crippen LogP contribution in [0.1, 0.15) is 5.56 Å². The summed E-state index contributed by atoms with van der Waals surface area (Å²) in [4.78, 5) is 0. The van der Waals surface area contributed by atoms with Gasteiger partial charge in [0.05, 0.1) is 6.61 Å². The molecule has 0 saturated heterocycles. The second kappa shape index (κ2) is 3.85. The molecule has 1 nitrogen and oxygen atoms in total. The largest absolute Gasteiger partial charge is 0.502 e. The van der Waals surface area contributed by atoms with Crippen molar-refractivity contribution < 1.29 is 4.74 Å². The maximum Gasteiger partial charge on any atom is 0.118 e. The van der Waals surface area contributed by atoms with Gasteiger partial charge in [-0.3, -0.25) is 0 Å². The van der Waals surface area contributed by atoms with E-state index in [1.54, 1.807) is 0 Å². The van der Waals surface area contributed by atoms with E-state index in [1.807, 2.05) is 42.5 Å². The Morgan fingerprint density at radius 1 is 1.08 bits per heavy atom. The summed E-state index contributed by atoms with van der Waals surface area (Å²) in [5.41, 5.74) is 1.21. The lowest BCUT2D eigenvalue weighted by atomic mass is 10.3. The van der Waals surface area contributed by atoms with Gasteiger partial charge in [0.25, 0.3) is 0 Å². The van der Waals surface area contributed by atoms with Gasteiger partial charge in [0, 0.05) is 0 Å². The highest BCUT2D eigenvalue weighted by Gasteiger charge is 1.88. The average molecular weight is 171 g/mol. The van der Waals surface area contributed by atoms with E-state index in [0.29, 0.717) is 6.61 Å². The van der Waals surface area contributed by atoms with Crippen LogP contribution in [-0.4, -0.2) is 0 Å². The van der Waals surface area contributed by atoms with E-state index in [4.69, 9.17) is 4.74 Å². The molecule has 0 unspecified atom stereocenters. The zero-order chi connectivity index (χ0) is 8.93. The summed E-state index contributed by atoms with van der Waals surface area (Å²) in [6.45, 7) is 0.650. The van der Waals surface area contributed by atoms with Crippen LogP contribution in [0.5, 0.6) is 5.75 Å². The average Bonchev–Trinajstić information content (AvgIpc) is 2.69. The highest BCUT2D eigenvalue weighted by Crippen LogP contribution is 2.11. The molecule has 2 aromatic carbocycles. The molecule has 0 aliphatic rings. The van der Waals surface area contributed by atoms with Gasteiger partial charge in [-0.1, -0.05) is 18.2 Å². The molecular formula is C12H11O-. The quantitative estimate of drug-likeness (QED) is 0.645. The monoisotopic (exact) mass is 171 g/mol. The SMILES string of the molecule is c1ccc(OCc2cc[cH-]c2)cc1. The van der Waals surface area contributed by atoms with Crippen LogP contribution in [0.4, 0.5) is 0 Å². The van der Waals surface area contributed by atoms with Crippen molar-refractivity contribution in [3.05, 3.63) is 60.2 Å². The van der Waals surface area contributed by atoms with Crippen molar-refractivity contribution in [1.29, 1.82) is 0 Å². The van der Waals surface area contributed by atoms with Crippen molar-refractivity contribution in [2.75, 3.05) is 0 Å². The van der Waals surface area contributed by atoms with Crippen LogP contribution in [-0.2, 0) is 6.61 Å². The molecule has 0 amide bonds. The van der Waals surface area contributed by atoms with E-state index in [9.17, 15) is 0 Å². The molecule has 0 atom stereocenters. The van der Waals surface area contributed by atoms with Gasteiger partial charge in [-0.05, 0) is 12.1 Å². The minimum atomic E-state index is 0.650. The smallest absolute Gasteiger partial charge is 0.118 e. The Labute approximate surface area is 78.0 Å². The third-order valence-corrected chi connectivity index (χ3v) is 1.88. The van der Waals surface area contributed by atoms with Crippen LogP contribution in [0.3, 0.4) is 0 Å². The maximum atomic E-state index is 5.55. The minimum absolute atomic E-state index is 0.650. The second-order valence-electron chi connectivity index (χ2n) is 2.89. The van der Waals surface area contributed by atoms with Crippen molar-refractivity contribution in [2.45, 2.75) is 6.61 Å². The second-order valence-corrected chi connectivity index (χ2v) is 2.89. The number of hydrogen-bond donors (Lipinski definition) is 0. The van der Waals surface area contributed by atoms with Gasteiger partial charge < -0.3 is 4.74 Å². The summed E-state index contributed by atoms with van der Waals surface area (Å²) < 4.78 is 5.55. The Balaban J connectivity index is 1.94. The highest BCUT2D eigenvalue weighted by molar-refractivity contribution is 5.22. The van der Waals surface area contributed by atoms with Crippen LogP contribution in [0.25, 0.3) is 0 Å². The van der Waals surface area contributed by atoms with Crippen molar-refractivity contribution >= 4 is 0 Å². The van der Waals surface area contributed by atoms with Crippen LogP contribution in [0.2, 0.25) is 0 Å². The predicted octanol–water partition coefficient (Wildman–Crippen LogP) is 2.98. The molecule has 2 aromatic rings. The molecule has 0 radical (unpaired) electrons. The molecule has 0 heterocycles. The van der Waals surface area contributed by atoms with Crippen LogP contribution in [0, 0.1) is 0 Å². The van der Waals surface area contributed by atoms with Crippen LogP contribution >= 0.6 is 0 Å². The van der Waals surface area contributed by atoms with Crippen molar-refractivity contribution in [3.63, 3.8) is 0 Å². The Bertz CT molecular complexity index is 335. The van der Waals surface area contributed by atoms with Gasteiger partial charge in [-0.15, -0.1) is 0 Å². The van der Waals surface area contributed by atoms with Crippen LogP contribution < -0.4 is 4.74 Å². The molecule has 0 fully saturated rings. The van der Waals surface area contributed by atoms with Crippen LogP contribution in [0.15, 0.2) is 54.6 Å². The van der Waals surface area contributed by atoms with E-state index in [0.717, 1.165) is 5.75 Å². The van der Waals surface area contributed by atoms with Gasteiger partial charge in [0.15, 0.2) is 0 Å². The molecule has 0 aliphatic heterocycles. The van der Waals surface area contributed by atoms with E-state index >= 15 is 0 Å². The lowest BCUT2D eigenvalue weighted by Crippen LogP contribution is -1.92. The van der Waals surface area contributed by atoms with E-state index in [-0.39, 0.29) is 0 Å². The molecule has 0 saturated carbocycles. The first kappa shape index (κ1) is 7.99. The van der Waals surface area contributed by atoms with E-state index < -0.39 is 0 Å². The summed E-state index contributed by atoms with van der Waals surface area (Å²) in [6, 6.07) is 18.0. The Morgan fingerprint density at radius 2 is 1.92 bits per heavy atom. The first-order chi connectivity index (χ1) is 6.45. The first-order valence-electron chi connectivity index (χ1n) is 4.33. The van der Waals surface area contributed by atoms with Gasteiger partial charge in [0.2, 0.25) is 0 Å². The molecule has 1 heteroatoms. The molecule has 0 spiro atoms. The number of benzene rings is 1. The molecule has 0 aromatic heterocycles. The zero-order valence-corrected chi connectivity index (χ0v) is 7.31. The maximum absolute atomic E-state index is 5.55. The molecule has 0 bridgehead atoms. The fourth-order valence-electron chi connectivity index (χ4n) is 1.19. The molecule has 13 heavy (non-hydrogen) atoms. The van der Waals surface area contributed by atoms with Gasteiger partial charge in [-0.25, -0.2) is 6.07 Å². The summed E-state index contributed by atoms with van der Waals surface area (Å²) in [6.07, 6.45) is 0. The normalized spacial score (nSPS) is 9.85. The molecule has 0 aliphatic carbocycles. The zero-order valence-electron chi connectivity index (χ0n) is 7.31. The summed E-state index contributed by atoms with van der Waals surface area (Å²) in [7, 11) is 0. The molecule has 0 N–H and O–H groups in total. The predicted molar refractivity (Wildman–Crippen MR) is 52.8 cm³/mol. The Morgan fingerprint density at radius 3 is 2.62 bits per heavy atom. The number of hydrogen-bond acceptors (Lipinski definition) is 1. The Hall–Kier alpha value is -1.63. The lowest BCUT2D eigenvalue weighted by molar-refractivity contribution is 0.306. The fourth-order valence-corrected chi connectivity index (χ4v) is 1.19. The van der Waals surface area contributed by atoms with E-state index in [2.05, 4.69) is 12.1 Å². The number of rotatable bonds is 3. The van der Waals surface area contributed by atoms with Crippen molar-refractivity contribution in [1.82, 2.24) is 0 Å². The van der Waals surface area contributed by atoms with Gasteiger partial charge in [-0.2, -0.15) is 23.8 Å². The third-order valence-electron chi connectivity index (χ3n) is 1.88. The summed E-state index contributed by atoms with van der Waals surface area (Å²) >= 11 is 0. The standard InChI is InChI=1S/C12H11O/c1-2-8-12(9-3-1)13-10-11-6-4-5-7-11/h1-9H,10H2/q-1. The fraction of sp³-hybridized carbons (Fsp3) is 0.0833. The molecular weight excluding hydrogens is 160 g/mol. The lowest BCUT2D eigenvalue weighted by Gasteiger charge is -2.07. The molecule has 66 valence electrons. The van der Waals surface area contributed by atoms with Crippen molar-refractivity contribution in [3.8, 4) is 5.75 Å². The number of para-hydroxylation sites is 1. The highest BCUT2D eigenvalue weighted by atomic mass is 16.5. The third kappa shape index (κ3) is 2.15. The van der Waals surface area contributed by atoms with Crippen molar-refractivity contribution in [2.24, 2.45) is 0 Å². The first-order valence-corrected chi connectivity index (χ1v) is 4.33.